The van der Waals surface area contributed by atoms with Crippen molar-refractivity contribution in [3.8, 4) is 0 Å². The first-order chi connectivity index (χ1) is 11.1. The van der Waals surface area contributed by atoms with Gasteiger partial charge in [-0.3, -0.25) is 4.79 Å². The number of aliphatic hydroxyl groups is 2. The van der Waals surface area contributed by atoms with Gasteiger partial charge in [-0.05, 0) is 19.3 Å². The Hall–Kier alpha value is -0.930. The molecule has 0 aliphatic heterocycles. The number of hydrogen-bond donors (Lipinski definition) is 2. The molecule has 1 aliphatic carbocycles. The Kier molecular flexibility index (Phi) is 10.1. The van der Waals surface area contributed by atoms with E-state index in [1.54, 1.807) is 6.08 Å². The quantitative estimate of drug-likeness (QED) is 0.443. The first-order valence-corrected chi connectivity index (χ1v) is 9.32. The third-order valence-corrected chi connectivity index (χ3v) is 4.67. The van der Waals surface area contributed by atoms with Crippen molar-refractivity contribution >= 4 is 5.78 Å². The Morgan fingerprint density at radius 2 is 1.91 bits per heavy atom. The molecule has 0 spiro atoms. The second-order valence-corrected chi connectivity index (χ2v) is 6.72. The Morgan fingerprint density at radius 3 is 2.61 bits per heavy atom. The van der Waals surface area contributed by atoms with Crippen molar-refractivity contribution in [2.75, 3.05) is 0 Å². The van der Waals surface area contributed by atoms with Crippen LogP contribution in [0.15, 0.2) is 24.3 Å². The Labute approximate surface area is 141 Å². The molecular formula is C20H34O3. The minimum absolute atomic E-state index is 0.137. The van der Waals surface area contributed by atoms with E-state index in [9.17, 15) is 15.0 Å². The maximum Gasteiger partial charge on any atom is 0.139 e. The maximum absolute atomic E-state index is 12.1. The fraction of sp³-hybridized carbons (Fsp3) is 0.750. The second-order valence-electron chi connectivity index (χ2n) is 6.72. The average Bonchev–Trinajstić information content (AvgIpc) is 2.79. The largest absolute Gasteiger partial charge is 0.392 e. The van der Waals surface area contributed by atoms with E-state index in [-0.39, 0.29) is 24.0 Å². The molecule has 0 unspecified atom stereocenters. The van der Waals surface area contributed by atoms with Gasteiger partial charge in [-0.2, -0.15) is 0 Å². The molecule has 0 bridgehead atoms. The SMILES string of the molecule is CCCC/C=C\C[C@@H]1C(=O)C[C@@H](O)[C@@H]1/C=C/[C@@H](O)CCCCC. The van der Waals surface area contributed by atoms with Gasteiger partial charge >= 0.3 is 0 Å². The van der Waals surface area contributed by atoms with Crippen LogP contribution in [-0.4, -0.2) is 28.2 Å². The van der Waals surface area contributed by atoms with Gasteiger partial charge in [0.1, 0.15) is 5.78 Å². The Bertz CT molecular complexity index is 386. The lowest BCUT2D eigenvalue weighted by molar-refractivity contribution is -0.121. The lowest BCUT2D eigenvalue weighted by Gasteiger charge is -2.16. The molecule has 2 N–H and O–H groups in total. The molecule has 1 aliphatic rings. The van der Waals surface area contributed by atoms with Crippen molar-refractivity contribution in [3.05, 3.63) is 24.3 Å². The van der Waals surface area contributed by atoms with E-state index in [0.717, 1.165) is 32.1 Å². The molecule has 0 radical (unpaired) electrons. The second kappa shape index (κ2) is 11.6. The van der Waals surface area contributed by atoms with Gasteiger partial charge < -0.3 is 10.2 Å². The van der Waals surface area contributed by atoms with Crippen LogP contribution in [0, 0.1) is 11.8 Å². The van der Waals surface area contributed by atoms with Crippen LogP contribution in [0.1, 0.15) is 71.6 Å². The third kappa shape index (κ3) is 7.45. The van der Waals surface area contributed by atoms with Crippen molar-refractivity contribution < 1.29 is 15.0 Å². The van der Waals surface area contributed by atoms with Crippen LogP contribution in [0.4, 0.5) is 0 Å². The first kappa shape index (κ1) is 20.1. The molecule has 0 amide bonds. The van der Waals surface area contributed by atoms with E-state index < -0.39 is 12.2 Å². The van der Waals surface area contributed by atoms with Gasteiger partial charge in [-0.25, -0.2) is 0 Å². The monoisotopic (exact) mass is 322 g/mol. The molecule has 1 rings (SSSR count). The van der Waals surface area contributed by atoms with E-state index >= 15 is 0 Å². The van der Waals surface area contributed by atoms with Gasteiger partial charge in [0.05, 0.1) is 12.2 Å². The summed E-state index contributed by atoms with van der Waals surface area (Å²) in [6, 6.07) is 0. The predicted molar refractivity (Wildman–Crippen MR) is 95.2 cm³/mol. The summed E-state index contributed by atoms with van der Waals surface area (Å²) in [4.78, 5) is 12.1. The number of aliphatic hydroxyl groups excluding tert-OH is 2. The minimum Gasteiger partial charge on any atom is -0.392 e. The van der Waals surface area contributed by atoms with E-state index in [4.69, 9.17) is 0 Å². The molecule has 1 fully saturated rings. The van der Waals surface area contributed by atoms with Crippen molar-refractivity contribution in [2.24, 2.45) is 11.8 Å². The molecule has 1 saturated carbocycles. The fourth-order valence-electron chi connectivity index (χ4n) is 3.17. The van der Waals surface area contributed by atoms with Gasteiger partial charge in [0.2, 0.25) is 0 Å². The normalized spacial score (nSPS) is 26.6. The van der Waals surface area contributed by atoms with Crippen LogP contribution < -0.4 is 0 Å². The zero-order chi connectivity index (χ0) is 17.1. The maximum atomic E-state index is 12.1. The van der Waals surface area contributed by atoms with Crippen molar-refractivity contribution in [2.45, 2.75) is 83.8 Å². The van der Waals surface area contributed by atoms with Gasteiger partial charge in [0, 0.05) is 18.3 Å². The molecule has 4 atom stereocenters. The lowest BCUT2D eigenvalue weighted by atomic mass is 9.90. The molecule has 0 aromatic rings. The van der Waals surface area contributed by atoms with E-state index in [1.807, 2.05) is 6.08 Å². The van der Waals surface area contributed by atoms with Gasteiger partial charge in [-0.1, -0.05) is 70.3 Å². The van der Waals surface area contributed by atoms with Crippen LogP contribution in [0.3, 0.4) is 0 Å². The summed E-state index contributed by atoms with van der Waals surface area (Å²) in [6.45, 7) is 4.30. The summed E-state index contributed by atoms with van der Waals surface area (Å²) in [5.74, 6) is -0.145. The molecule has 0 saturated heterocycles. The Balaban J connectivity index is 2.51. The van der Waals surface area contributed by atoms with Gasteiger partial charge in [0.15, 0.2) is 0 Å². The number of unbranched alkanes of at least 4 members (excludes halogenated alkanes) is 4. The van der Waals surface area contributed by atoms with Crippen LogP contribution >= 0.6 is 0 Å². The summed E-state index contributed by atoms with van der Waals surface area (Å²) in [6.07, 6.45) is 15.2. The lowest BCUT2D eigenvalue weighted by Crippen LogP contribution is -2.18. The van der Waals surface area contributed by atoms with Gasteiger partial charge in [-0.15, -0.1) is 0 Å². The predicted octanol–water partition coefficient (Wildman–Crippen LogP) is 4.19. The number of carbonyl (C=O) groups is 1. The summed E-state index contributed by atoms with van der Waals surface area (Å²) in [5.41, 5.74) is 0. The molecule has 132 valence electrons. The number of allylic oxidation sites excluding steroid dienone is 2. The molecule has 23 heavy (non-hydrogen) atoms. The van der Waals surface area contributed by atoms with Crippen LogP contribution in [0.25, 0.3) is 0 Å². The zero-order valence-electron chi connectivity index (χ0n) is 14.8. The molecule has 3 nitrogen and oxygen atoms in total. The van der Waals surface area contributed by atoms with Crippen LogP contribution in [-0.2, 0) is 4.79 Å². The molecule has 0 aromatic heterocycles. The molecule has 3 heteroatoms. The Morgan fingerprint density at radius 1 is 1.17 bits per heavy atom. The van der Waals surface area contributed by atoms with Gasteiger partial charge in [0.25, 0.3) is 0 Å². The number of Topliss-reactive ketones (excluding diaryl/α,β-unsaturated/α-hetero) is 1. The highest BCUT2D eigenvalue weighted by molar-refractivity contribution is 5.84. The summed E-state index contributed by atoms with van der Waals surface area (Å²) < 4.78 is 0. The van der Waals surface area contributed by atoms with Crippen LogP contribution in [0.2, 0.25) is 0 Å². The summed E-state index contributed by atoms with van der Waals surface area (Å²) >= 11 is 0. The number of hydrogen-bond acceptors (Lipinski definition) is 3. The van der Waals surface area contributed by atoms with E-state index in [0.29, 0.717) is 6.42 Å². The third-order valence-electron chi connectivity index (χ3n) is 4.67. The number of ketones is 1. The molecule has 0 aromatic carbocycles. The average molecular weight is 322 g/mol. The van der Waals surface area contributed by atoms with Crippen molar-refractivity contribution in [3.63, 3.8) is 0 Å². The summed E-state index contributed by atoms with van der Waals surface area (Å²) in [5, 5.41) is 20.1. The topological polar surface area (TPSA) is 57.5 Å². The van der Waals surface area contributed by atoms with E-state index in [1.165, 1.54) is 12.8 Å². The smallest absolute Gasteiger partial charge is 0.139 e. The fourth-order valence-corrected chi connectivity index (χ4v) is 3.17. The molecular weight excluding hydrogens is 288 g/mol. The minimum atomic E-state index is -0.601. The highest BCUT2D eigenvalue weighted by atomic mass is 16.3. The zero-order valence-corrected chi connectivity index (χ0v) is 14.8. The van der Waals surface area contributed by atoms with Crippen LogP contribution in [0.5, 0.6) is 0 Å². The summed E-state index contributed by atoms with van der Waals surface area (Å²) in [7, 11) is 0. The number of carbonyl (C=O) groups excluding carboxylic acids is 1. The van der Waals surface area contributed by atoms with Crippen molar-refractivity contribution in [1.82, 2.24) is 0 Å². The van der Waals surface area contributed by atoms with E-state index in [2.05, 4.69) is 26.0 Å². The highest BCUT2D eigenvalue weighted by Crippen LogP contribution is 2.33. The standard InChI is InChI=1S/C20H34O3/c1-3-5-7-8-10-12-17-18(20(23)15-19(17)22)14-13-16(21)11-9-6-4-2/h8,10,13-14,16-18,20-21,23H,3-7,9,11-12,15H2,1-2H3/b10-8-,14-13+/t16-,17-,18+,20+/m0/s1. The number of rotatable bonds is 11. The van der Waals surface area contributed by atoms with Crippen molar-refractivity contribution in [1.29, 1.82) is 0 Å². The highest BCUT2D eigenvalue weighted by Gasteiger charge is 2.39. The molecule has 0 heterocycles. The first-order valence-electron chi connectivity index (χ1n) is 9.32.